The lowest BCUT2D eigenvalue weighted by atomic mass is 10.3. The zero-order valence-corrected chi connectivity index (χ0v) is 12.1. The molecule has 1 aromatic heterocycles. The van der Waals surface area contributed by atoms with Crippen LogP contribution in [0.1, 0.15) is 10.4 Å². The summed E-state index contributed by atoms with van der Waals surface area (Å²) in [6, 6.07) is 3.48. The summed E-state index contributed by atoms with van der Waals surface area (Å²) < 4.78 is 41.1. The maximum atomic E-state index is 13.8. The van der Waals surface area contributed by atoms with Crippen molar-refractivity contribution in [3.8, 4) is 0 Å². The number of benzene rings is 1. The molecule has 7 nitrogen and oxygen atoms in total. The topological polar surface area (TPSA) is 101 Å². The molecule has 21 heavy (non-hydrogen) atoms. The number of sulfonamides is 1. The summed E-state index contributed by atoms with van der Waals surface area (Å²) in [5.41, 5.74) is -0.358. The molecule has 0 saturated heterocycles. The highest BCUT2D eigenvalue weighted by Gasteiger charge is 2.25. The van der Waals surface area contributed by atoms with E-state index < -0.39 is 26.7 Å². The Bertz CT molecular complexity index is 819. The minimum Gasteiger partial charge on any atom is -0.477 e. The van der Waals surface area contributed by atoms with Gasteiger partial charge in [0.25, 0.3) is 10.0 Å². The number of aryl methyl sites for hydroxylation is 1. The highest BCUT2D eigenvalue weighted by molar-refractivity contribution is 7.92. The average molecular weight is 334 g/mol. The van der Waals surface area contributed by atoms with Gasteiger partial charge in [0.15, 0.2) is 11.6 Å². The minimum absolute atomic E-state index is 0.290. The molecule has 10 heteroatoms. The quantitative estimate of drug-likeness (QED) is 0.887. The number of nitrogens with one attached hydrogen (secondary N) is 1. The smallest absolute Gasteiger partial charge is 0.341 e. The number of aromatic nitrogens is 2. The number of nitrogens with zero attached hydrogens (tertiary/aromatic N) is 2. The first-order chi connectivity index (χ1) is 9.74. The number of rotatable bonds is 4. The van der Waals surface area contributed by atoms with Crippen LogP contribution < -0.4 is 4.72 Å². The fourth-order valence-electron chi connectivity index (χ4n) is 1.59. The van der Waals surface area contributed by atoms with Gasteiger partial charge < -0.3 is 5.11 Å². The van der Waals surface area contributed by atoms with Crippen LogP contribution in [0, 0.1) is 5.82 Å². The van der Waals surface area contributed by atoms with Crippen molar-refractivity contribution in [1.82, 2.24) is 9.78 Å². The molecule has 0 spiro atoms. The monoisotopic (exact) mass is 333 g/mol. The van der Waals surface area contributed by atoms with Crippen LogP contribution in [-0.4, -0.2) is 29.3 Å². The number of halogens is 2. The number of carboxylic acids is 1. The Balaban J connectivity index is 2.50. The third kappa shape index (κ3) is 2.83. The summed E-state index contributed by atoms with van der Waals surface area (Å²) in [5, 5.41) is 12.2. The maximum absolute atomic E-state index is 13.8. The molecule has 1 aromatic carbocycles. The normalized spacial score (nSPS) is 11.4. The van der Waals surface area contributed by atoms with Gasteiger partial charge in [-0.15, -0.1) is 0 Å². The summed E-state index contributed by atoms with van der Waals surface area (Å²) in [7, 11) is -3.00. The lowest BCUT2D eigenvalue weighted by molar-refractivity contribution is 0.0698. The van der Waals surface area contributed by atoms with Crippen LogP contribution in [0.4, 0.5) is 10.2 Å². The van der Waals surface area contributed by atoms with Crippen LogP contribution in [0.3, 0.4) is 0 Å². The third-order valence-corrected chi connectivity index (χ3v) is 4.25. The first-order valence-corrected chi connectivity index (χ1v) is 7.32. The van der Waals surface area contributed by atoms with Crippen LogP contribution >= 0.6 is 11.6 Å². The standard InChI is InChI=1S/C11H9ClFN3O4S/c1-16-10(6(5-14-16)11(17)18)15-21(19,20)8-4-2-3-7(12)9(8)13/h2-5,15H,1H3,(H,17,18). The summed E-state index contributed by atoms with van der Waals surface area (Å²) >= 11 is 5.54. The van der Waals surface area contributed by atoms with Crippen LogP contribution in [-0.2, 0) is 17.1 Å². The van der Waals surface area contributed by atoms with Crippen molar-refractivity contribution in [3.63, 3.8) is 0 Å². The molecule has 0 radical (unpaired) electrons. The van der Waals surface area contributed by atoms with Gasteiger partial charge in [-0.1, -0.05) is 17.7 Å². The first kappa shape index (κ1) is 15.3. The van der Waals surface area contributed by atoms with Crippen LogP contribution in [0.15, 0.2) is 29.3 Å². The van der Waals surface area contributed by atoms with Gasteiger partial charge >= 0.3 is 5.97 Å². The maximum Gasteiger partial charge on any atom is 0.341 e. The molecular formula is C11H9ClFN3O4S. The number of hydrogen-bond acceptors (Lipinski definition) is 4. The van der Waals surface area contributed by atoms with E-state index in [1.807, 2.05) is 4.72 Å². The van der Waals surface area contributed by atoms with E-state index in [0.717, 1.165) is 16.9 Å². The van der Waals surface area contributed by atoms with E-state index in [1.165, 1.54) is 19.2 Å². The van der Waals surface area contributed by atoms with Gasteiger partial charge in [-0.05, 0) is 12.1 Å². The Kier molecular flexibility index (Phi) is 3.88. The molecule has 2 aromatic rings. The summed E-state index contributed by atoms with van der Waals surface area (Å²) in [5.74, 6) is -2.78. The second kappa shape index (κ2) is 5.34. The van der Waals surface area contributed by atoms with Crippen LogP contribution in [0.5, 0.6) is 0 Å². The highest BCUT2D eigenvalue weighted by atomic mass is 35.5. The van der Waals surface area contributed by atoms with E-state index >= 15 is 0 Å². The minimum atomic E-state index is -4.35. The Hall–Kier alpha value is -2.13. The summed E-state index contributed by atoms with van der Waals surface area (Å²) in [6.07, 6.45) is 0.981. The molecule has 1 heterocycles. The van der Waals surface area contributed by atoms with E-state index in [4.69, 9.17) is 16.7 Å². The van der Waals surface area contributed by atoms with E-state index in [9.17, 15) is 17.6 Å². The fraction of sp³-hybridized carbons (Fsp3) is 0.0909. The van der Waals surface area contributed by atoms with Gasteiger partial charge in [0.2, 0.25) is 0 Å². The van der Waals surface area contributed by atoms with Gasteiger partial charge in [-0.2, -0.15) is 5.10 Å². The Morgan fingerprint density at radius 2 is 2.14 bits per heavy atom. The predicted molar refractivity (Wildman–Crippen MR) is 72.4 cm³/mol. The number of carbonyl (C=O) groups is 1. The second-order valence-corrected chi connectivity index (χ2v) is 6.05. The summed E-state index contributed by atoms with van der Waals surface area (Å²) in [6.45, 7) is 0. The molecule has 0 saturated carbocycles. The zero-order valence-electron chi connectivity index (χ0n) is 10.5. The van der Waals surface area contributed by atoms with Gasteiger partial charge in [0.05, 0.1) is 11.2 Å². The van der Waals surface area contributed by atoms with E-state index in [2.05, 4.69) is 5.10 Å². The fourth-order valence-corrected chi connectivity index (χ4v) is 3.03. The molecule has 0 aliphatic rings. The largest absolute Gasteiger partial charge is 0.477 e. The van der Waals surface area contributed by atoms with Gasteiger partial charge in [-0.3, -0.25) is 9.40 Å². The van der Waals surface area contributed by atoms with Crippen molar-refractivity contribution < 1.29 is 22.7 Å². The molecule has 112 valence electrons. The molecule has 0 amide bonds. The number of carboxylic acid groups (broad SMARTS) is 1. The number of hydrogen-bond donors (Lipinski definition) is 2. The van der Waals surface area contributed by atoms with Crippen molar-refractivity contribution in [2.24, 2.45) is 7.05 Å². The third-order valence-electron chi connectivity index (χ3n) is 2.61. The van der Waals surface area contributed by atoms with Crippen molar-refractivity contribution >= 4 is 33.4 Å². The molecule has 0 aliphatic heterocycles. The van der Waals surface area contributed by atoms with Crippen molar-refractivity contribution in [1.29, 1.82) is 0 Å². The average Bonchev–Trinajstić information content (AvgIpc) is 2.74. The SMILES string of the molecule is Cn1ncc(C(=O)O)c1NS(=O)(=O)c1cccc(Cl)c1F. The first-order valence-electron chi connectivity index (χ1n) is 5.46. The lowest BCUT2D eigenvalue weighted by Gasteiger charge is -2.10. The van der Waals surface area contributed by atoms with E-state index in [0.29, 0.717) is 0 Å². The number of anilines is 1. The Labute approximate surface area is 124 Å². The molecule has 0 aliphatic carbocycles. The van der Waals surface area contributed by atoms with E-state index in [1.54, 1.807) is 0 Å². The predicted octanol–water partition coefficient (Wildman–Crippen LogP) is 1.71. The Morgan fingerprint density at radius 1 is 1.48 bits per heavy atom. The highest BCUT2D eigenvalue weighted by Crippen LogP contribution is 2.25. The Morgan fingerprint density at radius 3 is 2.76 bits per heavy atom. The van der Waals surface area contributed by atoms with Crippen LogP contribution in [0.2, 0.25) is 5.02 Å². The molecule has 2 N–H and O–H groups in total. The molecule has 0 fully saturated rings. The molecular weight excluding hydrogens is 325 g/mol. The number of aromatic carboxylic acids is 1. The second-order valence-electron chi connectivity index (χ2n) is 3.99. The van der Waals surface area contributed by atoms with Crippen LogP contribution in [0.25, 0.3) is 0 Å². The van der Waals surface area contributed by atoms with E-state index in [-0.39, 0.29) is 16.4 Å². The summed E-state index contributed by atoms with van der Waals surface area (Å²) in [4.78, 5) is 10.3. The van der Waals surface area contributed by atoms with Crippen molar-refractivity contribution in [3.05, 3.63) is 40.8 Å². The molecule has 0 unspecified atom stereocenters. The van der Waals surface area contributed by atoms with Crippen molar-refractivity contribution in [2.75, 3.05) is 4.72 Å². The van der Waals surface area contributed by atoms with Gasteiger partial charge in [0, 0.05) is 7.05 Å². The van der Waals surface area contributed by atoms with Crippen molar-refractivity contribution in [2.45, 2.75) is 4.90 Å². The zero-order chi connectivity index (χ0) is 15.8. The van der Waals surface area contributed by atoms with Gasteiger partial charge in [-0.25, -0.2) is 17.6 Å². The molecule has 2 rings (SSSR count). The van der Waals surface area contributed by atoms with Gasteiger partial charge in [0.1, 0.15) is 10.5 Å². The molecule has 0 atom stereocenters. The lowest BCUT2D eigenvalue weighted by Crippen LogP contribution is -2.18. The molecule has 0 bridgehead atoms.